The summed E-state index contributed by atoms with van der Waals surface area (Å²) >= 11 is 0. The molecule has 136 valence electrons. The second kappa shape index (κ2) is 6.66. The number of hydrogen-bond donors (Lipinski definition) is 0. The molecule has 3 rings (SSSR count). The van der Waals surface area contributed by atoms with Crippen molar-refractivity contribution >= 4 is 11.6 Å². The van der Waals surface area contributed by atoms with E-state index in [4.69, 9.17) is 0 Å². The summed E-state index contributed by atoms with van der Waals surface area (Å²) in [7, 11) is 1.61. The first-order valence-electron chi connectivity index (χ1n) is 7.65. The SMILES string of the molecule is Cc1nn2cccnc2c1C(=O)N(C)Cc1ccc(OC(F)(F)F)cc1. The van der Waals surface area contributed by atoms with E-state index in [1.807, 2.05) is 0 Å². The van der Waals surface area contributed by atoms with Crippen LogP contribution in [0.5, 0.6) is 5.75 Å². The van der Waals surface area contributed by atoms with Crippen LogP contribution in [0.4, 0.5) is 13.2 Å². The molecular weight excluding hydrogens is 349 g/mol. The Morgan fingerprint density at radius 2 is 1.96 bits per heavy atom. The van der Waals surface area contributed by atoms with Crippen molar-refractivity contribution in [2.45, 2.75) is 19.8 Å². The lowest BCUT2D eigenvalue weighted by Crippen LogP contribution is -2.26. The van der Waals surface area contributed by atoms with Gasteiger partial charge in [0.2, 0.25) is 0 Å². The second-order valence-corrected chi connectivity index (χ2v) is 5.70. The Kier molecular flexibility index (Phi) is 4.54. The van der Waals surface area contributed by atoms with E-state index < -0.39 is 6.36 Å². The largest absolute Gasteiger partial charge is 0.573 e. The predicted molar refractivity (Wildman–Crippen MR) is 86.6 cm³/mol. The number of halogens is 3. The first-order chi connectivity index (χ1) is 12.2. The van der Waals surface area contributed by atoms with Gasteiger partial charge in [-0.05, 0) is 30.7 Å². The molecule has 2 heterocycles. The topological polar surface area (TPSA) is 59.7 Å². The lowest BCUT2D eigenvalue weighted by atomic mass is 10.1. The van der Waals surface area contributed by atoms with Crippen LogP contribution >= 0.6 is 0 Å². The molecule has 6 nitrogen and oxygen atoms in total. The molecule has 0 aliphatic heterocycles. The van der Waals surface area contributed by atoms with Gasteiger partial charge < -0.3 is 9.64 Å². The van der Waals surface area contributed by atoms with Gasteiger partial charge in [-0.25, -0.2) is 9.50 Å². The fraction of sp³-hybridized carbons (Fsp3) is 0.235. The Morgan fingerprint density at radius 3 is 2.62 bits per heavy atom. The summed E-state index contributed by atoms with van der Waals surface area (Å²) in [4.78, 5) is 18.4. The molecule has 0 N–H and O–H groups in total. The summed E-state index contributed by atoms with van der Waals surface area (Å²) in [6.45, 7) is 1.94. The second-order valence-electron chi connectivity index (χ2n) is 5.70. The molecule has 0 aliphatic carbocycles. The average molecular weight is 364 g/mol. The molecule has 3 aromatic rings. The van der Waals surface area contributed by atoms with Crippen molar-refractivity contribution in [2.75, 3.05) is 7.05 Å². The molecule has 0 bridgehead atoms. The Hall–Kier alpha value is -3.10. The summed E-state index contributed by atoms with van der Waals surface area (Å²) in [6.07, 6.45) is -1.46. The third-order valence-corrected chi connectivity index (χ3v) is 3.71. The van der Waals surface area contributed by atoms with Crippen LogP contribution in [-0.4, -0.2) is 38.8 Å². The number of benzene rings is 1. The summed E-state index contributed by atoms with van der Waals surface area (Å²) in [5.74, 6) is -0.579. The summed E-state index contributed by atoms with van der Waals surface area (Å²) in [5.41, 5.74) is 2.06. The van der Waals surface area contributed by atoms with Gasteiger partial charge in [-0.15, -0.1) is 13.2 Å². The zero-order valence-electron chi connectivity index (χ0n) is 14.0. The number of fused-ring (bicyclic) bond motifs is 1. The number of carbonyl (C=O) groups excluding carboxylic acids is 1. The summed E-state index contributed by atoms with van der Waals surface area (Å²) in [5, 5.41) is 4.25. The molecule has 0 atom stereocenters. The lowest BCUT2D eigenvalue weighted by molar-refractivity contribution is -0.274. The van der Waals surface area contributed by atoms with Gasteiger partial charge in [0.1, 0.15) is 11.3 Å². The third kappa shape index (κ3) is 3.76. The highest BCUT2D eigenvalue weighted by Crippen LogP contribution is 2.23. The maximum absolute atomic E-state index is 12.8. The van der Waals surface area contributed by atoms with Crippen LogP contribution in [-0.2, 0) is 6.54 Å². The van der Waals surface area contributed by atoms with Crippen molar-refractivity contribution in [3.05, 3.63) is 59.5 Å². The number of carbonyl (C=O) groups is 1. The van der Waals surface area contributed by atoms with E-state index in [-0.39, 0.29) is 18.2 Å². The maximum Gasteiger partial charge on any atom is 0.573 e. The molecule has 2 aromatic heterocycles. The monoisotopic (exact) mass is 364 g/mol. The molecular formula is C17H15F3N4O2. The third-order valence-electron chi connectivity index (χ3n) is 3.71. The molecule has 0 aliphatic rings. The van der Waals surface area contributed by atoms with Crippen LogP contribution in [0.2, 0.25) is 0 Å². The molecule has 0 unspecified atom stereocenters. The lowest BCUT2D eigenvalue weighted by Gasteiger charge is -2.17. The van der Waals surface area contributed by atoms with Crippen molar-refractivity contribution in [1.29, 1.82) is 0 Å². The normalized spacial score (nSPS) is 11.6. The zero-order valence-corrected chi connectivity index (χ0v) is 14.0. The first-order valence-corrected chi connectivity index (χ1v) is 7.65. The van der Waals surface area contributed by atoms with Gasteiger partial charge in [-0.3, -0.25) is 4.79 Å². The number of hydrogen-bond acceptors (Lipinski definition) is 4. The van der Waals surface area contributed by atoms with Crippen LogP contribution in [0.25, 0.3) is 5.65 Å². The zero-order chi connectivity index (χ0) is 18.9. The van der Waals surface area contributed by atoms with Crippen molar-refractivity contribution in [1.82, 2.24) is 19.5 Å². The van der Waals surface area contributed by atoms with Crippen LogP contribution in [0.15, 0.2) is 42.7 Å². The number of alkyl halides is 3. The van der Waals surface area contributed by atoms with E-state index in [2.05, 4.69) is 14.8 Å². The van der Waals surface area contributed by atoms with Gasteiger partial charge in [0.25, 0.3) is 5.91 Å². The van der Waals surface area contributed by atoms with E-state index in [0.29, 0.717) is 22.5 Å². The van der Waals surface area contributed by atoms with Gasteiger partial charge in [-0.2, -0.15) is 5.10 Å². The molecule has 0 radical (unpaired) electrons. The number of amides is 1. The minimum atomic E-state index is -4.73. The quantitative estimate of drug-likeness (QED) is 0.713. The van der Waals surface area contributed by atoms with Gasteiger partial charge in [-0.1, -0.05) is 12.1 Å². The molecule has 0 saturated heterocycles. The Bertz CT molecular complexity index is 935. The molecule has 0 saturated carbocycles. The number of ether oxygens (including phenoxy) is 1. The highest BCUT2D eigenvalue weighted by Gasteiger charge is 2.31. The van der Waals surface area contributed by atoms with Crippen molar-refractivity contribution in [2.24, 2.45) is 0 Å². The fourth-order valence-corrected chi connectivity index (χ4v) is 2.58. The van der Waals surface area contributed by atoms with E-state index >= 15 is 0 Å². The molecule has 1 amide bonds. The van der Waals surface area contributed by atoms with Gasteiger partial charge in [0.15, 0.2) is 5.65 Å². The number of rotatable bonds is 4. The van der Waals surface area contributed by atoms with Crippen LogP contribution in [0.1, 0.15) is 21.6 Å². The van der Waals surface area contributed by atoms with Gasteiger partial charge in [0.05, 0.1) is 5.69 Å². The van der Waals surface area contributed by atoms with E-state index in [1.54, 1.807) is 32.4 Å². The summed E-state index contributed by atoms with van der Waals surface area (Å²) in [6, 6.07) is 7.09. The van der Waals surface area contributed by atoms with Crippen LogP contribution < -0.4 is 4.74 Å². The van der Waals surface area contributed by atoms with Crippen LogP contribution in [0, 0.1) is 6.92 Å². The number of aryl methyl sites for hydroxylation is 1. The smallest absolute Gasteiger partial charge is 0.406 e. The minimum absolute atomic E-state index is 0.217. The van der Waals surface area contributed by atoms with Gasteiger partial charge >= 0.3 is 6.36 Å². The molecule has 0 spiro atoms. The number of aromatic nitrogens is 3. The Morgan fingerprint density at radius 1 is 1.27 bits per heavy atom. The standard InChI is InChI=1S/C17H15F3N4O2/c1-11-14(15-21-8-3-9-24(15)22-11)16(25)23(2)10-12-4-6-13(7-5-12)26-17(18,19)20/h3-9H,10H2,1-2H3. The predicted octanol–water partition coefficient (Wildman–Crippen LogP) is 3.21. The Balaban J connectivity index is 1.76. The van der Waals surface area contributed by atoms with E-state index in [0.717, 1.165) is 0 Å². The highest BCUT2D eigenvalue weighted by atomic mass is 19.4. The maximum atomic E-state index is 12.8. The highest BCUT2D eigenvalue weighted by molar-refractivity contribution is 6.00. The first kappa shape index (κ1) is 17.7. The van der Waals surface area contributed by atoms with Crippen molar-refractivity contribution in [3.63, 3.8) is 0 Å². The molecule has 9 heteroatoms. The summed E-state index contributed by atoms with van der Waals surface area (Å²) < 4.78 is 41.9. The van der Waals surface area contributed by atoms with Crippen molar-refractivity contribution < 1.29 is 22.7 Å². The molecule has 26 heavy (non-hydrogen) atoms. The van der Waals surface area contributed by atoms with Crippen LogP contribution in [0.3, 0.4) is 0 Å². The average Bonchev–Trinajstić information content (AvgIpc) is 2.90. The van der Waals surface area contributed by atoms with Crippen molar-refractivity contribution in [3.8, 4) is 5.75 Å². The molecule has 1 aromatic carbocycles. The van der Waals surface area contributed by atoms with E-state index in [1.165, 1.54) is 33.7 Å². The molecule has 0 fully saturated rings. The Labute approximate surface area is 146 Å². The minimum Gasteiger partial charge on any atom is -0.406 e. The van der Waals surface area contributed by atoms with Gasteiger partial charge in [0, 0.05) is 26.0 Å². The van der Waals surface area contributed by atoms with E-state index in [9.17, 15) is 18.0 Å². The number of nitrogens with zero attached hydrogens (tertiary/aromatic N) is 4. The fourth-order valence-electron chi connectivity index (χ4n) is 2.58.